The molecule has 0 aromatic heterocycles. The number of hydrogen-bond donors (Lipinski definition) is 12. The lowest BCUT2D eigenvalue weighted by atomic mass is 9.96. The molecule has 0 bridgehead atoms. The van der Waals surface area contributed by atoms with Gasteiger partial charge in [-0.15, -0.1) is 0 Å². The molecule has 3 fully saturated rings. The number of ether oxygens (including phenoxy) is 6. The average molecular weight is 1430 g/mol. The van der Waals surface area contributed by atoms with Crippen LogP contribution in [0.5, 0.6) is 0 Å². The molecule has 3 heterocycles. The second-order valence-corrected chi connectivity index (χ2v) is 27.4. The van der Waals surface area contributed by atoms with Gasteiger partial charge in [0.25, 0.3) is 0 Å². The van der Waals surface area contributed by atoms with Crippen molar-refractivity contribution in [2.45, 2.75) is 362 Å². The minimum Gasteiger partial charge on any atom is -0.394 e. The number of amides is 1. The Morgan fingerprint density at radius 3 is 1.11 bits per heavy atom. The van der Waals surface area contributed by atoms with Crippen LogP contribution < -0.4 is 5.32 Å². The van der Waals surface area contributed by atoms with Gasteiger partial charge in [0.2, 0.25) is 5.91 Å². The quantitative estimate of drug-likeness (QED) is 0.0199. The molecule has 17 unspecified atom stereocenters. The van der Waals surface area contributed by atoms with Crippen molar-refractivity contribution in [1.82, 2.24) is 5.32 Å². The molecule has 0 radical (unpaired) electrons. The summed E-state index contributed by atoms with van der Waals surface area (Å²) in [5, 5.41) is 121. The molecular weight excluding hydrogens is 1290 g/mol. The van der Waals surface area contributed by atoms with Gasteiger partial charge in [0.1, 0.15) is 73.2 Å². The van der Waals surface area contributed by atoms with E-state index >= 15 is 0 Å². The molecular formula is C82H139NO18. The number of hydrogen-bond acceptors (Lipinski definition) is 18. The van der Waals surface area contributed by atoms with Crippen LogP contribution in [0, 0.1) is 0 Å². The van der Waals surface area contributed by atoms with Crippen LogP contribution in [0.15, 0.2) is 122 Å². The highest BCUT2D eigenvalue weighted by molar-refractivity contribution is 5.76. The first-order valence-corrected chi connectivity index (χ1v) is 39.3. The first-order chi connectivity index (χ1) is 49.3. The number of aliphatic hydroxyl groups is 11. The highest BCUT2D eigenvalue weighted by Crippen LogP contribution is 2.33. The van der Waals surface area contributed by atoms with E-state index in [1.54, 1.807) is 6.08 Å². The summed E-state index contributed by atoms with van der Waals surface area (Å²) in [6.07, 6.45) is 58.9. The number of unbranched alkanes of at least 4 members (excludes halogenated alkanes) is 26. The first kappa shape index (κ1) is 91.4. The fraction of sp³-hybridized carbons (Fsp3) is 0.744. The minimum atomic E-state index is -1.99. The lowest BCUT2D eigenvalue weighted by molar-refractivity contribution is -0.379. The Labute approximate surface area is 608 Å². The zero-order chi connectivity index (χ0) is 73.2. The maximum Gasteiger partial charge on any atom is 0.220 e. The molecule has 3 aliphatic rings. The van der Waals surface area contributed by atoms with Gasteiger partial charge in [0.05, 0.1) is 38.6 Å². The van der Waals surface area contributed by atoms with E-state index in [2.05, 4.69) is 129 Å². The van der Waals surface area contributed by atoms with E-state index in [4.69, 9.17) is 28.4 Å². The Balaban J connectivity index is 1.43. The van der Waals surface area contributed by atoms with Crippen LogP contribution in [-0.4, -0.2) is 193 Å². The molecule has 0 aliphatic carbocycles. The average Bonchev–Trinajstić information content (AvgIpc) is 0.782. The topological polar surface area (TPSA) is 307 Å². The molecule has 580 valence electrons. The van der Waals surface area contributed by atoms with E-state index in [1.807, 2.05) is 6.08 Å². The Bertz CT molecular complexity index is 2300. The van der Waals surface area contributed by atoms with Crippen LogP contribution in [0.2, 0.25) is 0 Å². The van der Waals surface area contributed by atoms with Crippen molar-refractivity contribution < 1.29 is 89.4 Å². The van der Waals surface area contributed by atoms with Crippen LogP contribution in [0.25, 0.3) is 0 Å². The highest BCUT2D eigenvalue weighted by atomic mass is 16.8. The Hall–Kier alpha value is -3.81. The molecule has 3 rings (SSSR count). The van der Waals surface area contributed by atoms with Gasteiger partial charge >= 0.3 is 0 Å². The Morgan fingerprint density at radius 2 is 0.693 bits per heavy atom. The molecule has 3 saturated heterocycles. The largest absolute Gasteiger partial charge is 0.394 e. The predicted octanol–water partition coefficient (Wildman–Crippen LogP) is 12.7. The summed E-state index contributed by atoms with van der Waals surface area (Å²) in [7, 11) is 0. The molecule has 19 nitrogen and oxygen atoms in total. The number of carbonyl (C=O) groups is 1. The highest BCUT2D eigenvalue weighted by Gasteiger charge is 2.53. The Morgan fingerprint density at radius 1 is 0.366 bits per heavy atom. The number of aliphatic hydroxyl groups excluding tert-OH is 11. The molecule has 19 heteroatoms. The smallest absolute Gasteiger partial charge is 0.220 e. The van der Waals surface area contributed by atoms with Crippen molar-refractivity contribution in [3.63, 3.8) is 0 Å². The third-order valence-corrected chi connectivity index (χ3v) is 18.7. The van der Waals surface area contributed by atoms with Crippen LogP contribution in [-0.2, 0) is 33.2 Å². The van der Waals surface area contributed by atoms with Gasteiger partial charge in [0.15, 0.2) is 18.9 Å². The monoisotopic (exact) mass is 1430 g/mol. The van der Waals surface area contributed by atoms with Crippen molar-refractivity contribution in [2.24, 2.45) is 0 Å². The lowest BCUT2D eigenvalue weighted by Gasteiger charge is -2.48. The molecule has 0 spiro atoms. The molecule has 1 amide bonds. The second kappa shape index (κ2) is 61.4. The number of carbonyl (C=O) groups excluding carboxylic acids is 1. The van der Waals surface area contributed by atoms with Crippen molar-refractivity contribution >= 4 is 5.91 Å². The van der Waals surface area contributed by atoms with E-state index in [9.17, 15) is 61.0 Å². The van der Waals surface area contributed by atoms with Gasteiger partial charge in [-0.1, -0.05) is 270 Å². The fourth-order valence-electron chi connectivity index (χ4n) is 12.4. The number of allylic oxidation sites excluding steroid dienone is 19. The predicted molar refractivity (Wildman–Crippen MR) is 401 cm³/mol. The second-order valence-electron chi connectivity index (χ2n) is 27.4. The van der Waals surface area contributed by atoms with Gasteiger partial charge in [0, 0.05) is 6.42 Å². The third kappa shape index (κ3) is 41.6. The normalized spacial score (nSPS) is 27.0. The third-order valence-electron chi connectivity index (χ3n) is 18.7. The number of rotatable bonds is 60. The maximum absolute atomic E-state index is 13.5. The summed E-state index contributed by atoms with van der Waals surface area (Å²) in [6, 6.07) is -1.02. The molecule has 0 aromatic carbocycles. The summed E-state index contributed by atoms with van der Waals surface area (Å²) >= 11 is 0. The van der Waals surface area contributed by atoms with Gasteiger partial charge in [-0.3, -0.25) is 4.79 Å². The van der Waals surface area contributed by atoms with Crippen molar-refractivity contribution in [3.8, 4) is 0 Å². The number of nitrogens with one attached hydrogen (secondary N) is 1. The molecule has 3 aliphatic heterocycles. The van der Waals surface area contributed by atoms with Crippen molar-refractivity contribution in [1.29, 1.82) is 0 Å². The molecule has 101 heavy (non-hydrogen) atoms. The summed E-state index contributed by atoms with van der Waals surface area (Å²) < 4.78 is 34.4. The Kier molecular flexibility index (Phi) is 55.5. The molecule has 12 N–H and O–H groups in total. The van der Waals surface area contributed by atoms with Crippen LogP contribution in [0.3, 0.4) is 0 Å². The zero-order valence-electron chi connectivity index (χ0n) is 61.8. The van der Waals surface area contributed by atoms with Crippen molar-refractivity contribution in [2.75, 3.05) is 26.4 Å². The fourth-order valence-corrected chi connectivity index (χ4v) is 12.4. The van der Waals surface area contributed by atoms with E-state index in [1.165, 1.54) is 122 Å². The van der Waals surface area contributed by atoms with Crippen LogP contribution in [0.4, 0.5) is 0 Å². The summed E-state index contributed by atoms with van der Waals surface area (Å²) in [5.41, 5.74) is 0. The van der Waals surface area contributed by atoms with Gasteiger partial charge < -0.3 is 89.9 Å². The van der Waals surface area contributed by atoms with Crippen LogP contribution >= 0.6 is 0 Å². The molecule has 0 saturated carbocycles. The molecule has 0 aromatic rings. The van der Waals surface area contributed by atoms with E-state index in [0.29, 0.717) is 12.8 Å². The summed E-state index contributed by atoms with van der Waals surface area (Å²) in [4.78, 5) is 13.5. The summed E-state index contributed by atoms with van der Waals surface area (Å²) in [6.45, 7) is 1.59. The van der Waals surface area contributed by atoms with Crippen molar-refractivity contribution in [3.05, 3.63) is 122 Å². The minimum absolute atomic E-state index is 0.201. The first-order valence-electron chi connectivity index (χ1n) is 39.3. The van der Waals surface area contributed by atoms with E-state index in [-0.39, 0.29) is 18.9 Å². The van der Waals surface area contributed by atoms with Gasteiger partial charge in [-0.2, -0.15) is 0 Å². The standard InChI is InChI=1S/C82H139NO18/c1-3-5-7-9-11-13-15-17-19-21-23-25-27-29-31-32-34-35-37-39-41-43-45-47-49-51-53-55-57-59-66(87)65(83-70(88)60-58-56-54-52-50-48-46-44-42-40-38-36-33-30-28-26-24-22-20-18-16-14-12-10-8-6-4-2)64-96-80-76(94)73(91)78(68(62-85)98-80)101-82-77(95)74(92)79(69(63-86)99-82)100-81-75(93)72(90)71(89)67(61-84)97-81/h6,8,12,14,18,20,24,26,30,33,38,40-41,43-44,46,49,51,57,59,65-69,71-82,84-87,89-95H,3-5,7,9-11,13,15-17,19,21-23,25,27-29,31-32,34-37,39,42,45,47-48,50,52-56,58,60-64H2,1-2H3,(H,83,88)/b8-6-,14-12-,20-18-,26-24-,33-30-,40-38-,43-41+,46-44-,51-49+,59-57+. The van der Waals surface area contributed by atoms with Crippen LogP contribution in [0.1, 0.15) is 258 Å². The summed E-state index contributed by atoms with van der Waals surface area (Å²) in [5.74, 6) is -0.312. The lowest BCUT2D eigenvalue weighted by Crippen LogP contribution is -2.66. The van der Waals surface area contributed by atoms with E-state index < -0.39 is 124 Å². The zero-order valence-corrected chi connectivity index (χ0v) is 61.8. The van der Waals surface area contributed by atoms with Gasteiger partial charge in [-0.05, 0) is 103 Å². The van der Waals surface area contributed by atoms with E-state index in [0.717, 1.165) is 103 Å². The molecule has 17 atom stereocenters. The maximum atomic E-state index is 13.5. The van der Waals surface area contributed by atoms with Gasteiger partial charge in [-0.25, -0.2) is 0 Å². The SMILES string of the molecule is CC/C=C\C/C=C\C/C=C\C/C=C\C/C=C\C/C=C\C/C=C\CCCCCCCC(=O)NC(COC1OC(CO)C(OC2OC(CO)C(OC3OC(CO)C(O)C(O)C3O)C(O)C2O)C(O)C1O)C(O)/C=C/CC/C=C/CC/C=C/CCCCCCCCCCCCCCCCCCCCC.